The second kappa shape index (κ2) is 4.95. The minimum absolute atomic E-state index is 0.0535. The standard InChI is InChI=1S/C12H12FN3O2/c1-3-18-12(17)9-7-16(15-14-9)10-6-4-5-8(2)11(10)13/h4-7H,3H2,1-2H3. The van der Waals surface area contributed by atoms with Crippen LogP contribution in [0.15, 0.2) is 24.4 Å². The maximum atomic E-state index is 13.8. The van der Waals surface area contributed by atoms with Crippen molar-refractivity contribution in [1.82, 2.24) is 15.0 Å². The van der Waals surface area contributed by atoms with E-state index in [1.54, 1.807) is 32.0 Å². The number of rotatable bonds is 3. The number of ether oxygens (including phenoxy) is 1. The van der Waals surface area contributed by atoms with Gasteiger partial charge in [0.15, 0.2) is 11.5 Å². The first kappa shape index (κ1) is 12.2. The van der Waals surface area contributed by atoms with Gasteiger partial charge >= 0.3 is 5.97 Å². The Labute approximate surface area is 103 Å². The Morgan fingerprint density at radius 2 is 2.28 bits per heavy atom. The van der Waals surface area contributed by atoms with E-state index in [2.05, 4.69) is 10.3 Å². The number of carbonyl (C=O) groups is 1. The molecule has 0 amide bonds. The molecule has 1 aromatic heterocycles. The van der Waals surface area contributed by atoms with Crippen LogP contribution in [0.3, 0.4) is 0 Å². The number of aryl methyl sites for hydroxylation is 1. The van der Waals surface area contributed by atoms with Gasteiger partial charge in [-0.15, -0.1) is 5.10 Å². The number of hydrogen-bond donors (Lipinski definition) is 0. The molecule has 0 saturated heterocycles. The third-order valence-electron chi connectivity index (χ3n) is 2.40. The summed E-state index contributed by atoms with van der Waals surface area (Å²) in [5, 5.41) is 7.37. The summed E-state index contributed by atoms with van der Waals surface area (Å²) in [6.45, 7) is 3.61. The molecule has 18 heavy (non-hydrogen) atoms. The third kappa shape index (κ3) is 2.22. The highest BCUT2D eigenvalue weighted by atomic mass is 19.1. The first-order valence-corrected chi connectivity index (χ1v) is 5.48. The monoisotopic (exact) mass is 249 g/mol. The van der Waals surface area contributed by atoms with Crippen LogP contribution in [0.4, 0.5) is 4.39 Å². The lowest BCUT2D eigenvalue weighted by Crippen LogP contribution is -2.04. The molecule has 94 valence electrons. The number of benzene rings is 1. The van der Waals surface area contributed by atoms with Crippen molar-refractivity contribution >= 4 is 5.97 Å². The number of aromatic nitrogens is 3. The molecule has 1 aromatic carbocycles. The van der Waals surface area contributed by atoms with Crippen molar-refractivity contribution in [3.8, 4) is 5.69 Å². The van der Waals surface area contributed by atoms with Crippen LogP contribution in [-0.2, 0) is 4.74 Å². The van der Waals surface area contributed by atoms with Crippen molar-refractivity contribution in [3.63, 3.8) is 0 Å². The molecule has 0 unspecified atom stereocenters. The fourth-order valence-corrected chi connectivity index (χ4v) is 1.49. The van der Waals surface area contributed by atoms with Crippen LogP contribution in [0, 0.1) is 12.7 Å². The van der Waals surface area contributed by atoms with Crippen molar-refractivity contribution in [1.29, 1.82) is 0 Å². The maximum absolute atomic E-state index is 13.8. The zero-order valence-corrected chi connectivity index (χ0v) is 10.1. The van der Waals surface area contributed by atoms with Crippen LogP contribution in [0.1, 0.15) is 23.0 Å². The molecule has 0 aliphatic rings. The molecule has 2 aromatic rings. The van der Waals surface area contributed by atoms with Crippen LogP contribution in [0.2, 0.25) is 0 Å². The van der Waals surface area contributed by atoms with Gasteiger partial charge in [-0.2, -0.15) is 0 Å². The topological polar surface area (TPSA) is 57.0 Å². The Kier molecular flexibility index (Phi) is 3.36. The molecule has 0 fully saturated rings. The highest BCUT2D eigenvalue weighted by Crippen LogP contribution is 2.15. The van der Waals surface area contributed by atoms with Gasteiger partial charge in [-0.05, 0) is 25.5 Å². The second-order valence-corrected chi connectivity index (χ2v) is 3.68. The van der Waals surface area contributed by atoms with Gasteiger partial charge < -0.3 is 4.74 Å². The van der Waals surface area contributed by atoms with E-state index in [1.165, 1.54) is 10.9 Å². The molecular formula is C12H12FN3O2. The summed E-state index contributed by atoms with van der Waals surface area (Å²) in [6, 6.07) is 4.92. The summed E-state index contributed by atoms with van der Waals surface area (Å²) in [5.41, 5.74) is 0.802. The van der Waals surface area contributed by atoms with Crippen molar-refractivity contribution in [2.45, 2.75) is 13.8 Å². The molecule has 0 aliphatic carbocycles. The number of carbonyl (C=O) groups excluding carboxylic acids is 1. The van der Waals surface area contributed by atoms with E-state index in [0.717, 1.165) is 0 Å². The molecule has 0 bridgehead atoms. The van der Waals surface area contributed by atoms with Crippen molar-refractivity contribution in [2.75, 3.05) is 6.61 Å². The third-order valence-corrected chi connectivity index (χ3v) is 2.40. The van der Waals surface area contributed by atoms with E-state index in [4.69, 9.17) is 4.74 Å². The van der Waals surface area contributed by atoms with E-state index < -0.39 is 11.8 Å². The smallest absolute Gasteiger partial charge is 0.360 e. The molecule has 0 N–H and O–H groups in total. The minimum Gasteiger partial charge on any atom is -0.461 e. The van der Waals surface area contributed by atoms with Crippen molar-refractivity contribution < 1.29 is 13.9 Å². The van der Waals surface area contributed by atoms with Gasteiger partial charge in [-0.25, -0.2) is 13.9 Å². The average molecular weight is 249 g/mol. The van der Waals surface area contributed by atoms with Gasteiger partial charge in [-0.1, -0.05) is 17.3 Å². The lowest BCUT2D eigenvalue weighted by Gasteiger charge is -2.03. The largest absolute Gasteiger partial charge is 0.461 e. The van der Waals surface area contributed by atoms with Gasteiger partial charge in [0.1, 0.15) is 5.69 Å². The van der Waals surface area contributed by atoms with Crippen LogP contribution in [0.5, 0.6) is 0 Å². The Balaban J connectivity index is 2.35. The zero-order valence-electron chi connectivity index (χ0n) is 10.1. The quantitative estimate of drug-likeness (QED) is 0.779. The molecule has 2 rings (SSSR count). The summed E-state index contributed by atoms with van der Waals surface area (Å²) in [7, 11) is 0. The fraction of sp³-hybridized carbons (Fsp3) is 0.250. The highest BCUT2D eigenvalue weighted by Gasteiger charge is 2.14. The van der Waals surface area contributed by atoms with Crippen LogP contribution in [0.25, 0.3) is 5.69 Å². The first-order chi connectivity index (χ1) is 8.63. The van der Waals surface area contributed by atoms with E-state index in [-0.39, 0.29) is 18.0 Å². The van der Waals surface area contributed by atoms with Crippen molar-refractivity contribution in [3.05, 3.63) is 41.5 Å². The summed E-state index contributed by atoms with van der Waals surface area (Å²) >= 11 is 0. The van der Waals surface area contributed by atoms with Gasteiger partial charge in [-0.3, -0.25) is 0 Å². The van der Waals surface area contributed by atoms with Gasteiger partial charge in [0, 0.05) is 0 Å². The molecule has 5 nitrogen and oxygen atoms in total. The molecule has 0 spiro atoms. The lowest BCUT2D eigenvalue weighted by atomic mass is 10.2. The Bertz CT molecular complexity index is 580. The molecule has 0 radical (unpaired) electrons. The highest BCUT2D eigenvalue weighted by molar-refractivity contribution is 5.86. The van der Waals surface area contributed by atoms with Gasteiger partial charge in [0.2, 0.25) is 0 Å². The average Bonchev–Trinajstić information content (AvgIpc) is 2.82. The Morgan fingerprint density at radius 3 is 3.00 bits per heavy atom. The predicted molar refractivity (Wildman–Crippen MR) is 62.0 cm³/mol. The molecule has 0 saturated carbocycles. The van der Waals surface area contributed by atoms with E-state index in [0.29, 0.717) is 5.56 Å². The molecule has 0 aliphatic heterocycles. The molecular weight excluding hydrogens is 237 g/mol. The summed E-state index contributed by atoms with van der Waals surface area (Å²) in [4.78, 5) is 11.4. The fourth-order valence-electron chi connectivity index (χ4n) is 1.49. The van der Waals surface area contributed by atoms with Crippen LogP contribution >= 0.6 is 0 Å². The Morgan fingerprint density at radius 1 is 1.50 bits per heavy atom. The normalized spacial score (nSPS) is 10.4. The SMILES string of the molecule is CCOC(=O)c1cn(-c2cccc(C)c2F)nn1. The first-order valence-electron chi connectivity index (χ1n) is 5.48. The van der Waals surface area contributed by atoms with Gasteiger partial charge in [0.25, 0.3) is 0 Å². The van der Waals surface area contributed by atoms with Gasteiger partial charge in [0.05, 0.1) is 12.8 Å². The lowest BCUT2D eigenvalue weighted by molar-refractivity contribution is 0.0519. The number of halogens is 1. The van der Waals surface area contributed by atoms with E-state index >= 15 is 0 Å². The second-order valence-electron chi connectivity index (χ2n) is 3.68. The minimum atomic E-state index is -0.572. The predicted octanol–water partition coefficient (Wildman–Crippen LogP) is 1.89. The van der Waals surface area contributed by atoms with E-state index in [1.807, 2.05) is 0 Å². The summed E-state index contributed by atoms with van der Waals surface area (Å²) in [5.74, 6) is -0.963. The molecule has 0 atom stereocenters. The van der Waals surface area contributed by atoms with E-state index in [9.17, 15) is 9.18 Å². The van der Waals surface area contributed by atoms with Crippen LogP contribution in [-0.4, -0.2) is 27.6 Å². The van der Waals surface area contributed by atoms with Crippen LogP contribution < -0.4 is 0 Å². The zero-order chi connectivity index (χ0) is 13.1. The van der Waals surface area contributed by atoms with Crippen molar-refractivity contribution in [2.24, 2.45) is 0 Å². The number of nitrogens with zero attached hydrogens (tertiary/aromatic N) is 3. The summed E-state index contributed by atoms with van der Waals surface area (Å²) in [6.07, 6.45) is 1.34. The molecule has 1 heterocycles. The number of hydrogen-bond acceptors (Lipinski definition) is 4. The summed E-state index contributed by atoms with van der Waals surface area (Å²) < 4.78 is 19.8. The number of esters is 1. The molecule has 6 heteroatoms. The Hall–Kier alpha value is -2.24. The maximum Gasteiger partial charge on any atom is 0.360 e.